The van der Waals surface area contributed by atoms with E-state index in [1.54, 1.807) is 32.4 Å². The van der Waals surface area contributed by atoms with Crippen molar-refractivity contribution < 1.29 is 19.0 Å². The Hall–Kier alpha value is -2.62. The van der Waals surface area contributed by atoms with Crippen molar-refractivity contribution in [2.75, 3.05) is 20.8 Å². The Balaban J connectivity index is 0.00000320. The fourth-order valence-corrected chi connectivity index (χ4v) is 3.02. The third-order valence-electron chi connectivity index (χ3n) is 4.56. The van der Waals surface area contributed by atoms with Crippen molar-refractivity contribution in [1.29, 1.82) is 0 Å². The van der Waals surface area contributed by atoms with E-state index >= 15 is 0 Å². The number of rotatable bonds is 7. The van der Waals surface area contributed by atoms with Crippen molar-refractivity contribution in [2.45, 2.75) is 26.4 Å². The van der Waals surface area contributed by atoms with Gasteiger partial charge in [0.2, 0.25) is 0 Å². The third kappa shape index (κ3) is 5.50. The second-order valence-corrected chi connectivity index (χ2v) is 6.54. The molecule has 0 aliphatic carbocycles. The Morgan fingerprint density at radius 3 is 2.73 bits per heavy atom. The lowest BCUT2D eigenvalue weighted by molar-refractivity contribution is 0.336. The summed E-state index contributed by atoms with van der Waals surface area (Å²) in [7, 11) is 3.29. The number of ether oxygens (including phenoxy) is 2. The van der Waals surface area contributed by atoms with Crippen LogP contribution in [0, 0.1) is 0 Å². The van der Waals surface area contributed by atoms with Gasteiger partial charge in [0.1, 0.15) is 17.3 Å². The monoisotopic (exact) mass is 525 g/mol. The van der Waals surface area contributed by atoms with Crippen LogP contribution in [-0.4, -0.2) is 31.8 Å². The van der Waals surface area contributed by atoms with Crippen LogP contribution in [0.2, 0.25) is 0 Å². The maximum atomic E-state index is 10.0. The van der Waals surface area contributed by atoms with E-state index in [-0.39, 0.29) is 35.8 Å². The second-order valence-electron chi connectivity index (χ2n) is 6.54. The number of phenolic OH excluding ortho intramolecular Hbond substituents is 1. The molecule has 1 heterocycles. The lowest BCUT2D eigenvalue weighted by atomic mass is 10.2. The molecule has 2 aromatic carbocycles. The Bertz CT molecular complexity index is 1000. The van der Waals surface area contributed by atoms with Gasteiger partial charge in [0.15, 0.2) is 17.3 Å². The van der Waals surface area contributed by atoms with Gasteiger partial charge in [-0.1, -0.05) is 12.1 Å². The zero-order valence-corrected chi connectivity index (χ0v) is 19.9. The fourth-order valence-electron chi connectivity index (χ4n) is 3.02. The van der Waals surface area contributed by atoms with E-state index in [0.29, 0.717) is 30.4 Å². The molecule has 0 radical (unpaired) electrons. The van der Waals surface area contributed by atoms with Crippen molar-refractivity contribution in [3.63, 3.8) is 0 Å². The molecule has 162 valence electrons. The number of furan rings is 1. The maximum absolute atomic E-state index is 10.0. The number of fused-ring (bicyclic) bond motifs is 1. The molecule has 1 atom stereocenters. The summed E-state index contributed by atoms with van der Waals surface area (Å²) in [6.45, 7) is 4.91. The molecule has 1 aromatic heterocycles. The molecule has 0 saturated carbocycles. The van der Waals surface area contributed by atoms with Crippen LogP contribution in [0.4, 0.5) is 0 Å². The summed E-state index contributed by atoms with van der Waals surface area (Å²) in [5, 5.41) is 17.5. The molecule has 3 rings (SSSR count). The number of nitrogens with one attached hydrogen (secondary N) is 2. The molecule has 7 nitrogen and oxygen atoms in total. The van der Waals surface area contributed by atoms with Gasteiger partial charge < -0.3 is 29.6 Å². The second kappa shape index (κ2) is 11.0. The van der Waals surface area contributed by atoms with Crippen LogP contribution < -0.4 is 20.1 Å². The molecule has 30 heavy (non-hydrogen) atoms. The van der Waals surface area contributed by atoms with E-state index in [0.717, 1.165) is 22.5 Å². The Labute approximate surface area is 193 Å². The van der Waals surface area contributed by atoms with Crippen LogP contribution in [0.1, 0.15) is 31.2 Å². The zero-order valence-electron chi connectivity index (χ0n) is 17.6. The van der Waals surface area contributed by atoms with Gasteiger partial charge in [-0.2, -0.15) is 0 Å². The lowest BCUT2D eigenvalue weighted by Crippen LogP contribution is -2.38. The number of benzene rings is 2. The topological polar surface area (TPSA) is 88.2 Å². The molecule has 0 aliphatic rings. The van der Waals surface area contributed by atoms with E-state index in [1.807, 2.05) is 38.1 Å². The summed E-state index contributed by atoms with van der Waals surface area (Å²) in [5.41, 5.74) is 1.45. The smallest absolute Gasteiger partial charge is 0.191 e. The predicted octanol–water partition coefficient (Wildman–Crippen LogP) is 4.59. The molecule has 0 spiro atoms. The summed E-state index contributed by atoms with van der Waals surface area (Å²) >= 11 is 0. The van der Waals surface area contributed by atoms with E-state index in [2.05, 4.69) is 15.6 Å². The average Bonchev–Trinajstić information content (AvgIpc) is 3.18. The summed E-state index contributed by atoms with van der Waals surface area (Å²) in [6, 6.07) is 12.8. The highest BCUT2D eigenvalue weighted by molar-refractivity contribution is 14.0. The van der Waals surface area contributed by atoms with Gasteiger partial charge in [-0.05, 0) is 44.2 Å². The van der Waals surface area contributed by atoms with Crippen LogP contribution in [0.25, 0.3) is 11.0 Å². The van der Waals surface area contributed by atoms with E-state index in [4.69, 9.17) is 13.9 Å². The molecular formula is C22H28IN3O4. The number of phenols is 1. The van der Waals surface area contributed by atoms with Gasteiger partial charge in [-0.25, -0.2) is 0 Å². The normalized spacial score (nSPS) is 12.2. The van der Waals surface area contributed by atoms with Crippen molar-refractivity contribution in [2.24, 2.45) is 4.99 Å². The van der Waals surface area contributed by atoms with E-state index in [9.17, 15) is 5.11 Å². The number of guanidine groups is 1. The minimum atomic E-state index is -0.123. The standard InChI is InChI=1S/C22H27N3O4.HI/c1-5-28-19-8-6-7-15-12-20(29-21(15)19)14(2)25-22(23-3)24-13-16-11-17(27-4)9-10-18(16)26;/h6-12,14,26H,5,13H2,1-4H3,(H2,23,24,25);1H. The summed E-state index contributed by atoms with van der Waals surface area (Å²) in [5.74, 6) is 2.98. The number of halogens is 1. The first-order valence-corrected chi connectivity index (χ1v) is 9.54. The van der Waals surface area contributed by atoms with E-state index in [1.165, 1.54) is 0 Å². The predicted molar refractivity (Wildman–Crippen MR) is 129 cm³/mol. The van der Waals surface area contributed by atoms with Crippen LogP contribution >= 0.6 is 24.0 Å². The summed E-state index contributed by atoms with van der Waals surface area (Å²) in [6.07, 6.45) is 0. The first-order valence-electron chi connectivity index (χ1n) is 9.54. The maximum Gasteiger partial charge on any atom is 0.191 e. The van der Waals surface area contributed by atoms with E-state index < -0.39 is 0 Å². The molecule has 1 unspecified atom stereocenters. The van der Waals surface area contributed by atoms with Gasteiger partial charge in [-0.3, -0.25) is 4.99 Å². The van der Waals surface area contributed by atoms with Crippen molar-refractivity contribution in [3.8, 4) is 17.2 Å². The molecule has 0 fully saturated rings. The highest BCUT2D eigenvalue weighted by atomic mass is 127. The number of aliphatic imine (C=N–C) groups is 1. The van der Waals surface area contributed by atoms with Gasteiger partial charge in [0.25, 0.3) is 0 Å². The SMILES string of the molecule is CCOc1cccc2cc(C(C)NC(=NC)NCc3cc(OC)ccc3O)oc12.I. The molecule has 0 bridgehead atoms. The largest absolute Gasteiger partial charge is 0.508 e. The lowest BCUT2D eigenvalue weighted by Gasteiger charge is -2.17. The van der Waals surface area contributed by atoms with Crippen LogP contribution in [-0.2, 0) is 6.54 Å². The number of para-hydroxylation sites is 1. The average molecular weight is 525 g/mol. The molecule has 8 heteroatoms. The van der Waals surface area contributed by atoms with Crippen LogP contribution in [0.15, 0.2) is 51.9 Å². The highest BCUT2D eigenvalue weighted by Gasteiger charge is 2.16. The van der Waals surface area contributed by atoms with Crippen LogP contribution in [0.5, 0.6) is 17.2 Å². The zero-order chi connectivity index (χ0) is 20.8. The molecule has 0 amide bonds. The molecular weight excluding hydrogens is 497 g/mol. The first-order chi connectivity index (χ1) is 14.0. The summed E-state index contributed by atoms with van der Waals surface area (Å²) < 4.78 is 16.9. The third-order valence-corrected chi connectivity index (χ3v) is 4.56. The van der Waals surface area contributed by atoms with Crippen molar-refractivity contribution in [3.05, 3.63) is 53.8 Å². The Morgan fingerprint density at radius 2 is 2.03 bits per heavy atom. The molecule has 0 saturated heterocycles. The van der Waals surface area contributed by atoms with Gasteiger partial charge in [-0.15, -0.1) is 24.0 Å². The Kier molecular flexibility index (Phi) is 8.64. The number of nitrogens with zero attached hydrogens (tertiary/aromatic N) is 1. The number of methoxy groups -OCH3 is 1. The molecule has 0 aliphatic heterocycles. The van der Waals surface area contributed by atoms with Crippen molar-refractivity contribution in [1.82, 2.24) is 10.6 Å². The van der Waals surface area contributed by atoms with Gasteiger partial charge in [0.05, 0.1) is 19.8 Å². The molecule has 3 N–H and O–H groups in total. The fraction of sp³-hybridized carbons (Fsp3) is 0.318. The highest BCUT2D eigenvalue weighted by Crippen LogP contribution is 2.31. The number of hydrogen-bond donors (Lipinski definition) is 3. The Morgan fingerprint density at radius 1 is 1.23 bits per heavy atom. The number of aromatic hydroxyl groups is 1. The van der Waals surface area contributed by atoms with Crippen molar-refractivity contribution >= 4 is 40.9 Å². The van der Waals surface area contributed by atoms with Crippen LogP contribution in [0.3, 0.4) is 0 Å². The van der Waals surface area contributed by atoms with Gasteiger partial charge in [0, 0.05) is 24.5 Å². The molecule has 3 aromatic rings. The number of hydrogen-bond acceptors (Lipinski definition) is 5. The van der Waals surface area contributed by atoms with Gasteiger partial charge >= 0.3 is 0 Å². The quantitative estimate of drug-likeness (QED) is 0.238. The summed E-state index contributed by atoms with van der Waals surface area (Å²) in [4.78, 5) is 4.26. The minimum Gasteiger partial charge on any atom is -0.508 e. The minimum absolute atomic E-state index is 0. The first kappa shape index (κ1) is 23.7.